The minimum atomic E-state index is -0.795. The van der Waals surface area contributed by atoms with Crippen LogP contribution in [0.25, 0.3) is 0 Å². The highest BCUT2D eigenvalue weighted by Crippen LogP contribution is 2.65. The number of ether oxygens (including phenoxy) is 1. The Balaban J connectivity index is 1.48. The third-order valence-corrected chi connectivity index (χ3v) is 9.37. The molecule has 5 heteroatoms. The number of aliphatic hydroxyl groups is 1. The van der Waals surface area contributed by atoms with Crippen molar-refractivity contribution < 1.29 is 19.4 Å². The number of rotatable bonds is 0. The zero-order valence-corrected chi connectivity index (χ0v) is 19.1. The molecule has 168 valence electrons. The van der Waals surface area contributed by atoms with Crippen molar-refractivity contribution >= 4 is 11.9 Å². The molecule has 4 saturated carbocycles. The lowest BCUT2D eigenvalue weighted by molar-refractivity contribution is -0.148. The molecule has 0 aromatic heterocycles. The van der Waals surface area contributed by atoms with E-state index in [1.54, 1.807) is 0 Å². The molecule has 5 aliphatic rings. The smallest absolute Gasteiger partial charge is 0.410 e. The Labute approximate surface area is 180 Å². The molecular weight excluding hydrogens is 378 g/mol. The van der Waals surface area contributed by atoms with E-state index in [9.17, 15) is 14.7 Å². The first-order valence-electron chi connectivity index (χ1n) is 12.4. The van der Waals surface area contributed by atoms with Crippen LogP contribution in [-0.4, -0.2) is 45.2 Å². The summed E-state index contributed by atoms with van der Waals surface area (Å²) in [4.78, 5) is 28.2. The van der Waals surface area contributed by atoms with Gasteiger partial charge in [-0.1, -0.05) is 12.8 Å². The first kappa shape index (κ1) is 20.8. The average Bonchev–Trinajstić information content (AvgIpc) is 2.88. The van der Waals surface area contributed by atoms with Crippen LogP contribution in [0.4, 0.5) is 4.79 Å². The van der Waals surface area contributed by atoms with E-state index in [-0.39, 0.29) is 35.9 Å². The van der Waals surface area contributed by atoms with Gasteiger partial charge in [0.15, 0.2) is 0 Å². The zero-order chi connectivity index (χ0) is 21.4. The fourth-order valence-corrected chi connectivity index (χ4v) is 8.46. The summed E-state index contributed by atoms with van der Waals surface area (Å²) in [5.74, 6) is 2.14. The van der Waals surface area contributed by atoms with Crippen molar-refractivity contribution in [2.75, 3.05) is 0 Å². The Bertz CT molecular complexity index is 729. The summed E-state index contributed by atoms with van der Waals surface area (Å²) in [6.45, 7) is 7.86. The fraction of sp³-hybridized carbons (Fsp3) is 0.920. The summed E-state index contributed by atoms with van der Waals surface area (Å²) in [5.41, 5.74) is -1.32. The Kier molecular flexibility index (Phi) is 4.81. The third-order valence-electron chi connectivity index (χ3n) is 9.37. The van der Waals surface area contributed by atoms with Crippen LogP contribution in [0.5, 0.6) is 0 Å². The maximum Gasteiger partial charge on any atom is 0.410 e. The number of Topliss-reactive ketones (excluding diaryl/α,β-unsaturated/α-hetero) is 1. The van der Waals surface area contributed by atoms with Crippen LogP contribution in [0.2, 0.25) is 0 Å². The summed E-state index contributed by atoms with van der Waals surface area (Å²) >= 11 is 0. The Hall–Kier alpha value is -1.10. The monoisotopic (exact) mass is 417 g/mol. The lowest BCUT2D eigenvalue weighted by atomic mass is 9.58. The topological polar surface area (TPSA) is 66.8 Å². The molecule has 1 heterocycles. The second kappa shape index (κ2) is 6.95. The van der Waals surface area contributed by atoms with Gasteiger partial charge in [0.2, 0.25) is 0 Å². The highest BCUT2D eigenvalue weighted by molar-refractivity contribution is 5.83. The van der Waals surface area contributed by atoms with Crippen LogP contribution >= 0.6 is 0 Å². The first-order valence-corrected chi connectivity index (χ1v) is 12.4. The summed E-state index contributed by atoms with van der Waals surface area (Å²) < 4.78 is 5.79. The van der Waals surface area contributed by atoms with E-state index in [4.69, 9.17) is 4.74 Å². The van der Waals surface area contributed by atoms with E-state index in [1.807, 2.05) is 25.7 Å². The number of ketones is 1. The van der Waals surface area contributed by atoms with Gasteiger partial charge in [0.05, 0.1) is 5.60 Å². The van der Waals surface area contributed by atoms with Crippen LogP contribution in [0.3, 0.4) is 0 Å². The van der Waals surface area contributed by atoms with E-state index >= 15 is 0 Å². The molecule has 1 aliphatic heterocycles. The van der Waals surface area contributed by atoms with Crippen molar-refractivity contribution in [2.24, 2.45) is 35.5 Å². The second-order valence-electron chi connectivity index (χ2n) is 12.1. The normalized spacial score (nSPS) is 47.9. The number of carbonyl (C=O) groups is 2. The van der Waals surface area contributed by atoms with Crippen molar-refractivity contribution in [3.63, 3.8) is 0 Å². The Morgan fingerprint density at radius 3 is 2.60 bits per heavy atom. The molecule has 2 bridgehead atoms. The molecular formula is C25H39NO4. The lowest BCUT2D eigenvalue weighted by Crippen LogP contribution is -2.62. The maximum atomic E-state index is 13.2. The molecule has 0 aromatic carbocycles. The number of likely N-dealkylation sites (tertiary alicyclic amines) is 1. The number of hydrogen-bond donors (Lipinski definition) is 1. The van der Waals surface area contributed by atoms with Crippen molar-refractivity contribution in [3.05, 3.63) is 0 Å². The van der Waals surface area contributed by atoms with Gasteiger partial charge in [-0.15, -0.1) is 0 Å². The predicted octanol–water partition coefficient (Wildman–Crippen LogP) is 4.56. The van der Waals surface area contributed by atoms with Crippen molar-refractivity contribution in [3.8, 4) is 0 Å². The van der Waals surface area contributed by atoms with E-state index in [1.165, 1.54) is 12.8 Å². The number of piperidine rings is 1. The molecule has 5 fully saturated rings. The summed E-state index contributed by atoms with van der Waals surface area (Å²) in [6, 6.07) is 0.170. The molecule has 1 unspecified atom stereocenters. The molecule has 0 aromatic rings. The minimum absolute atomic E-state index is 0.0371. The minimum Gasteiger partial charge on any atom is -0.444 e. The van der Waals surface area contributed by atoms with Gasteiger partial charge in [-0.3, -0.25) is 4.79 Å². The molecule has 5 nitrogen and oxygen atoms in total. The van der Waals surface area contributed by atoms with Gasteiger partial charge in [-0.05, 0) is 89.9 Å². The summed E-state index contributed by atoms with van der Waals surface area (Å²) in [6.07, 6.45) is 8.55. The molecule has 9 atom stereocenters. The van der Waals surface area contributed by atoms with Gasteiger partial charge >= 0.3 is 6.09 Å². The highest BCUT2D eigenvalue weighted by Gasteiger charge is 2.67. The SMILES string of the molecule is C[C@H]1CC[C@@H]2[C@@H](C[C@H]3C[C@]2(O)C2CC(=O)[C@@H]4CCCC[C@H]4[C@@H]23)N1C(=O)OC(C)(C)C. The highest BCUT2D eigenvalue weighted by atomic mass is 16.6. The van der Waals surface area contributed by atoms with Gasteiger partial charge in [-0.2, -0.15) is 0 Å². The molecule has 4 aliphatic carbocycles. The van der Waals surface area contributed by atoms with E-state index in [2.05, 4.69) is 6.92 Å². The van der Waals surface area contributed by atoms with Crippen LogP contribution < -0.4 is 0 Å². The maximum absolute atomic E-state index is 13.2. The van der Waals surface area contributed by atoms with Crippen molar-refractivity contribution in [2.45, 2.75) is 109 Å². The molecule has 0 radical (unpaired) electrons. The molecule has 1 saturated heterocycles. The molecule has 5 rings (SSSR count). The van der Waals surface area contributed by atoms with Gasteiger partial charge in [0, 0.05) is 30.3 Å². The average molecular weight is 418 g/mol. The number of hydrogen-bond acceptors (Lipinski definition) is 4. The van der Waals surface area contributed by atoms with E-state index < -0.39 is 11.2 Å². The number of fused-ring (bicyclic) bond motifs is 9. The van der Waals surface area contributed by atoms with Gasteiger partial charge in [-0.25, -0.2) is 4.79 Å². The van der Waals surface area contributed by atoms with Crippen LogP contribution in [-0.2, 0) is 9.53 Å². The number of nitrogens with zero attached hydrogens (tertiary/aromatic N) is 1. The molecule has 1 amide bonds. The second-order valence-corrected chi connectivity index (χ2v) is 12.1. The number of carbonyl (C=O) groups excluding carboxylic acids is 2. The van der Waals surface area contributed by atoms with Gasteiger partial charge in [0.1, 0.15) is 11.4 Å². The van der Waals surface area contributed by atoms with Crippen LogP contribution in [0.1, 0.15) is 85.5 Å². The fourth-order valence-electron chi connectivity index (χ4n) is 8.46. The molecule has 1 N–H and O–H groups in total. The van der Waals surface area contributed by atoms with Crippen molar-refractivity contribution in [1.82, 2.24) is 4.90 Å². The molecule has 0 spiro atoms. The largest absolute Gasteiger partial charge is 0.444 e. The van der Waals surface area contributed by atoms with E-state index in [0.717, 1.165) is 38.5 Å². The Morgan fingerprint density at radius 1 is 1.13 bits per heavy atom. The lowest BCUT2D eigenvalue weighted by Gasteiger charge is -2.53. The van der Waals surface area contributed by atoms with Gasteiger partial charge in [0.25, 0.3) is 0 Å². The molecule has 30 heavy (non-hydrogen) atoms. The van der Waals surface area contributed by atoms with Crippen molar-refractivity contribution in [1.29, 1.82) is 0 Å². The van der Waals surface area contributed by atoms with Gasteiger partial charge < -0.3 is 14.7 Å². The van der Waals surface area contributed by atoms with E-state index in [0.29, 0.717) is 30.0 Å². The summed E-state index contributed by atoms with van der Waals surface area (Å²) in [7, 11) is 0. The predicted molar refractivity (Wildman–Crippen MR) is 114 cm³/mol. The zero-order valence-electron chi connectivity index (χ0n) is 19.1. The van der Waals surface area contributed by atoms with Crippen LogP contribution in [0, 0.1) is 35.5 Å². The number of amides is 1. The first-order chi connectivity index (χ1) is 14.1. The standard InChI is InChI=1S/C25H39NO4/c1-14-9-10-18-20(26(14)23(28)30-24(2,3)4)11-15-13-25(18,29)19-12-21(27)16-7-5-6-8-17(16)22(15)19/h14-20,22,29H,5-13H2,1-4H3/t14-,15-,16+,17+,18+,19?,20+,22-,25+/m0/s1. The quantitative estimate of drug-likeness (QED) is 0.628. The van der Waals surface area contributed by atoms with Crippen LogP contribution in [0.15, 0.2) is 0 Å². The Morgan fingerprint density at radius 2 is 1.87 bits per heavy atom. The third kappa shape index (κ3) is 3.05. The summed E-state index contributed by atoms with van der Waals surface area (Å²) in [5, 5.41) is 12.1.